The lowest BCUT2D eigenvalue weighted by Crippen LogP contribution is -2.61. The molecule has 7 nitrogen and oxygen atoms in total. The smallest absolute Gasteiger partial charge is 0.326 e. The van der Waals surface area contributed by atoms with E-state index in [0.717, 1.165) is 23.5 Å². The maximum Gasteiger partial charge on any atom is 0.326 e. The first kappa shape index (κ1) is 23.6. The molecule has 1 aromatic rings. The molecule has 31 heavy (non-hydrogen) atoms. The third kappa shape index (κ3) is 5.80. The fraction of sp³-hybridized carbons (Fsp3) is 0.609. The highest BCUT2D eigenvalue weighted by Gasteiger charge is 2.46. The number of esters is 1. The Bertz CT molecular complexity index is 774. The first-order chi connectivity index (χ1) is 14.9. The van der Waals surface area contributed by atoms with Gasteiger partial charge in [0.1, 0.15) is 12.1 Å². The second kappa shape index (κ2) is 11.0. The summed E-state index contributed by atoms with van der Waals surface area (Å²) in [7, 11) is 0. The molecule has 0 aromatic heterocycles. The normalized spacial score (nSPS) is 24.8. The molecule has 3 unspecified atom stereocenters. The van der Waals surface area contributed by atoms with Gasteiger partial charge >= 0.3 is 11.9 Å². The monoisotopic (exact) mass is 448 g/mol. The molecule has 0 bridgehead atoms. The van der Waals surface area contributed by atoms with Gasteiger partial charge in [0.25, 0.3) is 0 Å². The minimum absolute atomic E-state index is 0.0537. The number of nitrogens with one attached hydrogen (secondary N) is 1. The average Bonchev–Trinajstić information content (AvgIpc) is 3.25. The Balaban J connectivity index is 1.71. The van der Waals surface area contributed by atoms with Crippen LogP contribution in [0.15, 0.2) is 30.3 Å². The van der Waals surface area contributed by atoms with Crippen molar-refractivity contribution in [2.24, 2.45) is 5.92 Å². The number of fused-ring (bicyclic) bond motifs is 1. The van der Waals surface area contributed by atoms with E-state index in [1.54, 1.807) is 30.5 Å². The quantitative estimate of drug-likeness (QED) is 0.560. The maximum absolute atomic E-state index is 13.4. The highest BCUT2D eigenvalue weighted by atomic mass is 32.2. The van der Waals surface area contributed by atoms with Crippen LogP contribution in [0.25, 0.3) is 0 Å². The van der Waals surface area contributed by atoms with Crippen LogP contribution in [0.4, 0.5) is 0 Å². The zero-order valence-electron chi connectivity index (χ0n) is 18.2. The van der Waals surface area contributed by atoms with Crippen LogP contribution in [0.2, 0.25) is 0 Å². The number of rotatable bonds is 9. The van der Waals surface area contributed by atoms with Crippen molar-refractivity contribution in [1.29, 1.82) is 0 Å². The maximum atomic E-state index is 13.4. The Hall–Kier alpha value is -2.06. The lowest BCUT2D eigenvalue weighted by molar-refractivity contribution is -0.157. The Labute approximate surface area is 187 Å². The van der Waals surface area contributed by atoms with Gasteiger partial charge in [0, 0.05) is 11.8 Å². The zero-order chi connectivity index (χ0) is 22.4. The highest BCUT2D eigenvalue weighted by Crippen LogP contribution is 2.38. The van der Waals surface area contributed by atoms with Crippen molar-refractivity contribution in [3.05, 3.63) is 35.9 Å². The van der Waals surface area contributed by atoms with Crippen molar-refractivity contribution < 1.29 is 24.2 Å². The number of amides is 1. The summed E-state index contributed by atoms with van der Waals surface area (Å²) in [6, 6.07) is 7.66. The van der Waals surface area contributed by atoms with Crippen molar-refractivity contribution in [3.63, 3.8) is 0 Å². The van der Waals surface area contributed by atoms with Crippen LogP contribution in [0, 0.1) is 5.92 Å². The van der Waals surface area contributed by atoms with Crippen LogP contribution in [-0.2, 0) is 25.5 Å². The number of ether oxygens (including phenoxy) is 1. The summed E-state index contributed by atoms with van der Waals surface area (Å²) in [6.07, 6.45) is 2.47. The van der Waals surface area contributed by atoms with Gasteiger partial charge in [0.2, 0.25) is 5.91 Å². The molecule has 2 N–H and O–H groups in total. The fourth-order valence-corrected chi connectivity index (χ4v) is 6.04. The number of nitrogens with zero attached hydrogens (tertiary/aromatic N) is 1. The summed E-state index contributed by atoms with van der Waals surface area (Å²) < 4.78 is 5.22. The van der Waals surface area contributed by atoms with E-state index in [-0.39, 0.29) is 24.5 Å². The predicted molar refractivity (Wildman–Crippen MR) is 120 cm³/mol. The van der Waals surface area contributed by atoms with Gasteiger partial charge in [-0.25, -0.2) is 4.79 Å². The predicted octanol–water partition coefficient (Wildman–Crippen LogP) is 2.34. The number of benzene rings is 1. The van der Waals surface area contributed by atoms with Crippen molar-refractivity contribution >= 4 is 29.6 Å². The van der Waals surface area contributed by atoms with E-state index in [1.165, 1.54) is 0 Å². The molecule has 5 atom stereocenters. The molecule has 0 spiro atoms. The molecule has 8 heteroatoms. The van der Waals surface area contributed by atoms with Crippen LogP contribution in [0.5, 0.6) is 0 Å². The molecule has 170 valence electrons. The third-order valence-corrected chi connectivity index (χ3v) is 7.41. The molecule has 1 amide bonds. The minimum atomic E-state index is -0.957. The van der Waals surface area contributed by atoms with Gasteiger partial charge < -0.3 is 14.7 Å². The third-order valence-electron chi connectivity index (χ3n) is 6.17. The van der Waals surface area contributed by atoms with E-state index in [9.17, 15) is 19.5 Å². The van der Waals surface area contributed by atoms with Crippen molar-refractivity contribution in [2.75, 3.05) is 18.1 Å². The molecule has 3 rings (SSSR count). The summed E-state index contributed by atoms with van der Waals surface area (Å²) >= 11 is 1.78. The van der Waals surface area contributed by atoms with Gasteiger partial charge in [-0.2, -0.15) is 11.8 Å². The molecular formula is C23H32N2O5S. The highest BCUT2D eigenvalue weighted by molar-refractivity contribution is 7.99. The minimum Gasteiger partial charge on any atom is -0.480 e. The molecule has 2 fully saturated rings. The van der Waals surface area contributed by atoms with Crippen molar-refractivity contribution in [3.8, 4) is 0 Å². The Morgan fingerprint density at radius 2 is 1.97 bits per heavy atom. The number of carboxylic acids is 1. The van der Waals surface area contributed by atoms with Crippen molar-refractivity contribution in [1.82, 2.24) is 10.2 Å². The first-order valence-corrected chi connectivity index (χ1v) is 12.2. The number of carbonyl (C=O) groups is 3. The van der Waals surface area contributed by atoms with Crippen LogP contribution in [-0.4, -0.2) is 70.1 Å². The van der Waals surface area contributed by atoms with Crippen LogP contribution >= 0.6 is 11.8 Å². The molecular weight excluding hydrogens is 416 g/mol. The summed E-state index contributed by atoms with van der Waals surface area (Å²) in [6.45, 7) is 3.73. The van der Waals surface area contributed by atoms with Gasteiger partial charge in [-0.3, -0.25) is 14.9 Å². The molecule has 0 saturated carbocycles. The molecule has 2 aliphatic heterocycles. The summed E-state index contributed by atoms with van der Waals surface area (Å²) in [5.74, 6) is 0.477. The standard InChI is InChI=1S/C23H32N2O5S/c1-3-30-23(29)18(11-9-16-7-5-4-6-8-16)24-15(2)21(26)25-19(22(27)28)12-10-17-13-31-14-20(17)25/h4-8,15,17-20,24H,3,9-14H2,1-2H3,(H,27,28)/t15?,17?,18-,19-,20?/m0/s1. The Kier molecular flexibility index (Phi) is 8.37. The number of carbonyl (C=O) groups excluding carboxylic acids is 2. The van der Waals surface area contributed by atoms with E-state index in [1.807, 2.05) is 30.3 Å². The van der Waals surface area contributed by atoms with E-state index >= 15 is 0 Å². The van der Waals surface area contributed by atoms with Gasteiger partial charge in [-0.05, 0) is 56.8 Å². The SMILES string of the molecule is CCOC(=O)[C@H](CCc1ccccc1)NC(C)C(=O)N1C2CSCC2CC[C@H]1C(=O)O. The largest absolute Gasteiger partial charge is 0.480 e. The lowest BCUT2D eigenvalue weighted by atomic mass is 9.87. The summed E-state index contributed by atoms with van der Waals surface area (Å²) in [5, 5.41) is 12.9. The molecule has 1 aromatic carbocycles. The van der Waals surface area contributed by atoms with E-state index in [0.29, 0.717) is 25.2 Å². The molecule has 0 radical (unpaired) electrons. The Morgan fingerprint density at radius 1 is 1.23 bits per heavy atom. The fourth-order valence-electron chi connectivity index (χ4n) is 4.54. The second-order valence-corrected chi connectivity index (χ2v) is 9.33. The first-order valence-electron chi connectivity index (χ1n) is 11.0. The van der Waals surface area contributed by atoms with E-state index < -0.39 is 24.1 Å². The second-order valence-electron chi connectivity index (χ2n) is 8.26. The van der Waals surface area contributed by atoms with Crippen LogP contribution in [0.3, 0.4) is 0 Å². The molecule has 2 aliphatic rings. The number of aliphatic carboxylic acids is 1. The Morgan fingerprint density at radius 3 is 2.65 bits per heavy atom. The number of hydrogen-bond acceptors (Lipinski definition) is 6. The van der Waals surface area contributed by atoms with Gasteiger partial charge in [0.05, 0.1) is 12.6 Å². The lowest BCUT2D eigenvalue weighted by Gasteiger charge is -2.43. The number of likely N-dealkylation sites (tertiary alicyclic amines) is 1. The number of aryl methyl sites for hydroxylation is 1. The van der Waals surface area contributed by atoms with Gasteiger partial charge in [0.15, 0.2) is 0 Å². The molecule has 2 saturated heterocycles. The molecule has 0 aliphatic carbocycles. The zero-order valence-corrected chi connectivity index (χ0v) is 19.0. The van der Waals surface area contributed by atoms with Crippen LogP contribution in [0.1, 0.15) is 38.7 Å². The van der Waals surface area contributed by atoms with E-state index in [4.69, 9.17) is 4.74 Å². The number of hydrogen-bond donors (Lipinski definition) is 2. The summed E-state index contributed by atoms with van der Waals surface area (Å²) in [4.78, 5) is 39.4. The van der Waals surface area contributed by atoms with Gasteiger partial charge in [-0.1, -0.05) is 30.3 Å². The number of thioether (sulfide) groups is 1. The topological polar surface area (TPSA) is 95.9 Å². The van der Waals surface area contributed by atoms with E-state index in [2.05, 4.69) is 5.32 Å². The molecule has 2 heterocycles. The van der Waals surface area contributed by atoms with Gasteiger partial charge in [-0.15, -0.1) is 0 Å². The van der Waals surface area contributed by atoms with Crippen molar-refractivity contribution in [2.45, 2.75) is 63.7 Å². The van der Waals surface area contributed by atoms with Crippen LogP contribution < -0.4 is 5.32 Å². The summed E-state index contributed by atoms with van der Waals surface area (Å²) in [5.41, 5.74) is 1.10. The number of carboxylic acid groups (broad SMARTS) is 1. The average molecular weight is 449 g/mol. The number of piperidine rings is 1.